The fourth-order valence-corrected chi connectivity index (χ4v) is 1.94. The molecule has 0 aliphatic heterocycles. The summed E-state index contributed by atoms with van der Waals surface area (Å²) in [6.07, 6.45) is 6.39. The summed E-state index contributed by atoms with van der Waals surface area (Å²) in [5.74, 6) is 0.454. The fraction of sp³-hybridized carbons (Fsp3) is 0.545. The largest absolute Gasteiger partial charge is 0.473 e. The second kappa shape index (κ2) is 7.17. The molecule has 0 aliphatic rings. The fourth-order valence-electron chi connectivity index (χ4n) is 1.57. The van der Waals surface area contributed by atoms with Crippen LogP contribution >= 0.6 is 11.7 Å². The zero-order chi connectivity index (χ0) is 13.5. The van der Waals surface area contributed by atoms with Crippen molar-refractivity contribution in [1.29, 1.82) is 0 Å². The lowest BCUT2D eigenvalue weighted by molar-refractivity contribution is 0.101. The summed E-state index contributed by atoms with van der Waals surface area (Å²) in [4.78, 5) is 3.98. The first-order valence-electron chi connectivity index (χ1n) is 6.01. The van der Waals surface area contributed by atoms with Crippen LogP contribution in [0, 0.1) is 0 Å². The van der Waals surface area contributed by atoms with Gasteiger partial charge in [-0.1, -0.05) is 0 Å². The van der Waals surface area contributed by atoms with Gasteiger partial charge in [-0.2, -0.15) is 4.37 Å². The van der Waals surface area contributed by atoms with Crippen LogP contribution in [0.5, 0.6) is 5.88 Å². The minimum absolute atomic E-state index is 0.205. The Morgan fingerprint density at radius 1 is 1.58 bits per heavy atom. The van der Waals surface area contributed by atoms with Gasteiger partial charge in [0, 0.05) is 31.5 Å². The number of aromatic nitrogens is 4. The smallest absolute Gasteiger partial charge is 0.245 e. The monoisotopic (exact) mass is 283 g/mol. The predicted molar refractivity (Wildman–Crippen MR) is 71.1 cm³/mol. The average Bonchev–Trinajstić information content (AvgIpc) is 3.06. The summed E-state index contributed by atoms with van der Waals surface area (Å²) in [5, 5.41) is 13.0. The van der Waals surface area contributed by atoms with Crippen LogP contribution in [0.3, 0.4) is 0 Å². The van der Waals surface area contributed by atoms with Crippen molar-refractivity contribution in [3.63, 3.8) is 0 Å². The van der Waals surface area contributed by atoms with E-state index in [1.165, 1.54) is 6.20 Å². The van der Waals surface area contributed by atoms with Gasteiger partial charge >= 0.3 is 0 Å². The molecule has 0 aromatic carbocycles. The lowest BCUT2D eigenvalue weighted by atomic mass is 10.3. The highest BCUT2D eigenvalue weighted by Gasteiger charge is 2.09. The highest BCUT2D eigenvalue weighted by molar-refractivity contribution is 6.99. The molecule has 0 aliphatic carbocycles. The van der Waals surface area contributed by atoms with Crippen LogP contribution in [0.25, 0.3) is 0 Å². The summed E-state index contributed by atoms with van der Waals surface area (Å²) >= 11 is 1.08. The minimum atomic E-state index is -0.577. The summed E-state index contributed by atoms with van der Waals surface area (Å²) in [5.41, 5.74) is 0. The number of nitrogens with one attached hydrogen (secondary N) is 1. The molecule has 0 radical (unpaired) electrons. The molecule has 2 aromatic rings. The van der Waals surface area contributed by atoms with Crippen molar-refractivity contribution in [3.05, 3.63) is 24.9 Å². The van der Waals surface area contributed by atoms with Gasteiger partial charge in [0.25, 0.3) is 0 Å². The van der Waals surface area contributed by atoms with Gasteiger partial charge in [0.1, 0.15) is 18.9 Å². The SMILES string of the molecule is CC(Cn1ccnc1)NCC(O)COc1cnsn1. The lowest BCUT2D eigenvalue weighted by Gasteiger charge is -2.17. The van der Waals surface area contributed by atoms with E-state index in [9.17, 15) is 5.11 Å². The Balaban J connectivity index is 1.61. The maximum atomic E-state index is 9.77. The number of rotatable bonds is 8. The second-order valence-corrected chi connectivity index (χ2v) is 4.84. The van der Waals surface area contributed by atoms with Gasteiger partial charge in [-0.15, -0.1) is 4.37 Å². The maximum Gasteiger partial charge on any atom is 0.245 e. The van der Waals surface area contributed by atoms with E-state index in [4.69, 9.17) is 4.74 Å². The van der Waals surface area contributed by atoms with Crippen molar-refractivity contribution in [2.75, 3.05) is 13.2 Å². The topological polar surface area (TPSA) is 85.1 Å². The van der Waals surface area contributed by atoms with E-state index in [2.05, 4.69) is 26.0 Å². The van der Waals surface area contributed by atoms with Gasteiger partial charge in [-0.05, 0) is 6.92 Å². The molecular formula is C11H17N5O2S. The molecule has 0 spiro atoms. The van der Waals surface area contributed by atoms with E-state index < -0.39 is 6.10 Å². The Morgan fingerprint density at radius 3 is 3.16 bits per heavy atom. The molecule has 2 rings (SSSR count). The summed E-state index contributed by atoms with van der Waals surface area (Å²) in [7, 11) is 0. The Labute approximate surface area is 115 Å². The predicted octanol–water partition coefficient (Wildman–Crippen LogP) is 0.153. The number of imidazole rings is 1. The van der Waals surface area contributed by atoms with Crippen LogP contribution in [0.2, 0.25) is 0 Å². The first-order chi connectivity index (χ1) is 9.24. The van der Waals surface area contributed by atoms with Crippen molar-refractivity contribution < 1.29 is 9.84 Å². The zero-order valence-electron chi connectivity index (χ0n) is 10.6. The van der Waals surface area contributed by atoms with Crippen molar-refractivity contribution in [2.24, 2.45) is 0 Å². The van der Waals surface area contributed by atoms with Crippen LogP contribution in [-0.2, 0) is 6.54 Å². The molecule has 0 saturated heterocycles. The van der Waals surface area contributed by atoms with E-state index in [0.29, 0.717) is 12.4 Å². The zero-order valence-corrected chi connectivity index (χ0v) is 11.5. The molecule has 0 saturated carbocycles. The molecule has 2 atom stereocenters. The van der Waals surface area contributed by atoms with Gasteiger partial charge in [-0.25, -0.2) is 4.98 Å². The number of aliphatic hydroxyl groups is 1. The molecule has 0 bridgehead atoms. The van der Waals surface area contributed by atoms with Gasteiger partial charge in [-0.3, -0.25) is 0 Å². The Bertz CT molecular complexity index is 448. The summed E-state index contributed by atoms with van der Waals surface area (Å²) in [6.45, 7) is 3.53. The van der Waals surface area contributed by atoms with Crippen molar-refractivity contribution in [3.8, 4) is 5.88 Å². The average molecular weight is 283 g/mol. The number of ether oxygens (including phenoxy) is 1. The highest BCUT2D eigenvalue weighted by atomic mass is 32.1. The molecule has 104 valence electrons. The molecule has 0 amide bonds. The van der Waals surface area contributed by atoms with E-state index in [1.54, 1.807) is 12.5 Å². The second-order valence-electron chi connectivity index (χ2n) is 4.28. The molecule has 7 nitrogen and oxygen atoms in total. The quantitative estimate of drug-likeness (QED) is 0.717. The number of hydrogen-bond donors (Lipinski definition) is 2. The van der Waals surface area contributed by atoms with E-state index in [0.717, 1.165) is 18.3 Å². The van der Waals surface area contributed by atoms with Crippen LogP contribution in [-0.4, -0.2) is 48.7 Å². The van der Waals surface area contributed by atoms with Gasteiger partial charge in [0.2, 0.25) is 5.88 Å². The van der Waals surface area contributed by atoms with Crippen LogP contribution < -0.4 is 10.1 Å². The van der Waals surface area contributed by atoms with Crippen molar-refractivity contribution in [2.45, 2.75) is 25.6 Å². The molecule has 2 aromatic heterocycles. The first-order valence-corrected chi connectivity index (χ1v) is 6.74. The van der Waals surface area contributed by atoms with E-state index in [1.807, 2.05) is 10.8 Å². The Morgan fingerprint density at radius 2 is 2.47 bits per heavy atom. The van der Waals surface area contributed by atoms with Crippen LogP contribution in [0.4, 0.5) is 0 Å². The van der Waals surface area contributed by atoms with Gasteiger partial charge in [0.15, 0.2) is 0 Å². The maximum absolute atomic E-state index is 9.77. The molecule has 0 fully saturated rings. The van der Waals surface area contributed by atoms with Crippen LogP contribution in [0.1, 0.15) is 6.92 Å². The summed E-state index contributed by atoms with van der Waals surface area (Å²) in [6, 6.07) is 0.241. The van der Waals surface area contributed by atoms with Crippen molar-refractivity contribution in [1.82, 2.24) is 23.6 Å². The number of aliphatic hydroxyl groups excluding tert-OH is 1. The third-order valence-electron chi connectivity index (χ3n) is 2.51. The molecule has 19 heavy (non-hydrogen) atoms. The standard InChI is InChI=1S/C11H17N5O2S/c1-9(6-16-3-2-12-8-16)13-4-10(17)7-18-11-5-14-19-15-11/h2-3,5,8-10,13,17H,4,6-7H2,1H3. The van der Waals surface area contributed by atoms with Gasteiger partial charge in [0.05, 0.1) is 18.1 Å². The molecular weight excluding hydrogens is 266 g/mol. The molecule has 2 unspecified atom stereocenters. The lowest BCUT2D eigenvalue weighted by Crippen LogP contribution is -2.38. The van der Waals surface area contributed by atoms with Crippen molar-refractivity contribution >= 4 is 11.7 Å². The molecule has 8 heteroatoms. The van der Waals surface area contributed by atoms with E-state index >= 15 is 0 Å². The minimum Gasteiger partial charge on any atom is -0.473 e. The summed E-state index contributed by atoms with van der Waals surface area (Å²) < 4.78 is 15.0. The third-order valence-corrected chi connectivity index (χ3v) is 2.97. The first kappa shape index (κ1) is 13.9. The van der Waals surface area contributed by atoms with E-state index in [-0.39, 0.29) is 12.6 Å². The van der Waals surface area contributed by atoms with Crippen LogP contribution in [0.15, 0.2) is 24.9 Å². The third kappa shape index (κ3) is 4.93. The normalized spacial score (nSPS) is 14.2. The number of hydrogen-bond acceptors (Lipinski definition) is 7. The Kier molecular flexibility index (Phi) is 5.25. The highest BCUT2D eigenvalue weighted by Crippen LogP contribution is 2.05. The molecule has 2 heterocycles. The molecule has 2 N–H and O–H groups in total. The van der Waals surface area contributed by atoms with Gasteiger partial charge < -0.3 is 19.7 Å². The number of nitrogens with zero attached hydrogens (tertiary/aromatic N) is 4. The Hall–Kier alpha value is -1.51.